The molecule has 0 fully saturated rings. The van der Waals surface area contributed by atoms with E-state index in [4.69, 9.17) is 0 Å². The number of nitrogens with zero attached hydrogens (tertiary/aromatic N) is 3. The van der Waals surface area contributed by atoms with Gasteiger partial charge in [0.05, 0.1) is 5.69 Å². The molecule has 2 rings (SSSR count). The van der Waals surface area contributed by atoms with Gasteiger partial charge in [-0.05, 0) is 12.1 Å². The number of pyridine rings is 1. The maximum atomic E-state index is 4.27. The van der Waals surface area contributed by atoms with Crippen LogP contribution in [0, 0.1) is 5.92 Å². The summed E-state index contributed by atoms with van der Waals surface area (Å²) in [6.07, 6.45) is 5.54. The average molecular weight is 161 g/mol. The second kappa shape index (κ2) is 2.93. The molecule has 1 aliphatic rings. The molecule has 0 N–H and O–H groups in total. The molecule has 0 bridgehead atoms. The number of hydrogen-bond acceptors (Lipinski definition) is 3. The molecule has 0 saturated carbocycles. The minimum Gasteiger partial charge on any atom is -0.265 e. The molecule has 3 heteroatoms. The van der Waals surface area contributed by atoms with Gasteiger partial charge in [-0.1, -0.05) is 6.92 Å². The zero-order chi connectivity index (χ0) is 8.39. The smallest absolute Gasteiger partial charge is 0.0624 e. The lowest BCUT2D eigenvalue weighted by Crippen LogP contribution is -2.15. The van der Waals surface area contributed by atoms with Crippen molar-refractivity contribution in [2.45, 2.75) is 6.92 Å². The van der Waals surface area contributed by atoms with Gasteiger partial charge in [0.15, 0.2) is 0 Å². The van der Waals surface area contributed by atoms with Crippen LogP contribution in [0.25, 0.3) is 0 Å². The molecule has 12 heavy (non-hydrogen) atoms. The van der Waals surface area contributed by atoms with Gasteiger partial charge in [-0.2, -0.15) is 5.10 Å². The number of hydrogen-bond donors (Lipinski definition) is 0. The van der Waals surface area contributed by atoms with Gasteiger partial charge in [0, 0.05) is 31.1 Å². The maximum Gasteiger partial charge on any atom is 0.0624 e. The van der Waals surface area contributed by atoms with Gasteiger partial charge < -0.3 is 0 Å². The lowest BCUT2D eigenvalue weighted by atomic mass is 10.2. The standard InChI is InChI=1S/C9H11N3/c1-8-6-11-12(7-8)9-2-4-10-5-3-9/h2-6,8H,7H2,1H3. The Balaban J connectivity index is 2.18. The molecule has 0 aromatic carbocycles. The molecule has 0 saturated heterocycles. The molecule has 1 atom stereocenters. The Kier molecular flexibility index (Phi) is 1.78. The molecule has 2 heterocycles. The van der Waals surface area contributed by atoms with Crippen LogP contribution in [0.1, 0.15) is 6.92 Å². The SMILES string of the molecule is CC1C=NN(c2ccncc2)C1. The van der Waals surface area contributed by atoms with E-state index in [1.54, 1.807) is 12.4 Å². The van der Waals surface area contributed by atoms with Gasteiger partial charge in [-0.15, -0.1) is 0 Å². The third kappa shape index (κ3) is 1.30. The Morgan fingerprint density at radius 1 is 1.42 bits per heavy atom. The summed E-state index contributed by atoms with van der Waals surface area (Å²) in [6, 6.07) is 3.94. The van der Waals surface area contributed by atoms with Crippen LogP contribution in [0.4, 0.5) is 5.69 Å². The normalized spacial score (nSPS) is 21.8. The van der Waals surface area contributed by atoms with Crippen molar-refractivity contribution >= 4 is 11.9 Å². The van der Waals surface area contributed by atoms with E-state index in [0.29, 0.717) is 5.92 Å². The molecule has 1 aromatic heterocycles. The summed E-state index contributed by atoms with van der Waals surface area (Å²) in [5.74, 6) is 0.554. The maximum absolute atomic E-state index is 4.27. The first-order valence-electron chi connectivity index (χ1n) is 4.08. The predicted molar refractivity (Wildman–Crippen MR) is 49.2 cm³/mol. The minimum atomic E-state index is 0.554. The van der Waals surface area contributed by atoms with Crippen LogP contribution in [-0.4, -0.2) is 17.7 Å². The van der Waals surface area contributed by atoms with E-state index >= 15 is 0 Å². The zero-order valence-corrected chi connectivity index (χ0v) is 7.01. The molecule has 0 radical (unpaired) electrons. The van der Waals surface area contributed by atoms with Gasteiger partial charge in [0.25, 0.3) is 0 Å². The van der Waals surface area contributed by atoms with E-state index < -0.39 is 0 Å². The fourth-order valence-electron chi connectivity index (χ4n) is 1.25. The van der Waals surface area contributed by atoms with E-state index in [1.165, 1.54) is 0 Å². The fourth-order valence-corrected chi connectivity index (χ4v) is 1.25. The predicted octanol–water partition coefficient (Wildman–Crippen LogP) is 1.52. The molecule has 62 valence electrons. The topological polar surface area (TPSA) is 28.5 Å². The summed E-state index contributed by atoms with van der Waals surface area (Å²) in [6.45, 7) is 3.13. The van der Waals surface area contributed by atoms with Crippen LogP contribution < -0.4 is 5.01 Å². The van der Waals surface area contributed by atoms with Gasteiger partial charge in [-0.25, -0.2) is 0 Å². The molecule has 3 nitrogen and oxygen atoms in total. The van der Waals surface area contributed by atoms with Crippen molar-refractivity contribution in [3.8, 4) is 0 Å². The quantitative estimate of drug-likeness (QED) is 0.624. The molecular formula is C9H11N3. The molecule has 1 aromatic rings. The van der Waals surface area contributed by atoms with E-state index in [1.807, 2.05) is 23.4 Å². The van der Waals surface area contributed by atoms with Crippen molar-refractivity contribution in [1.82, 2.24) is 4.98 Å². The van der Waals surface area contributed by atoms with E-state index in [2.05, 4.69) is 17.0 Å². The van der Waals surface area contributed by atoms with Gasteiger partial charge in [-0.3, -0.25) is 9.99 Å². The highest BCUT2D eigenvalue weighted by Crippen LogP contribution is 2.17. The summed E-state index contributed by atoms with van der Waals surface area (Å²) in [5.41, 5.74) is 1.12. The van der Waals surface area contributed by atoms with Crippen LogP contribution in [-0.2, 0) is 0 Å². The van der Waals surface area contributed by atoms with Gasteiger partial charge in [0.1, 0.15) is 0 Å². The summed E-state index contributed by atoms with van der Waals surface area (Å²) in [4.78, 5) is 3.96. The first-order chi connectivity index (χ1) is 5.86. The van der Waals surface area contributed by atoms with Crippen molar-refractivity contribution in [1.29, 1.82) is 0 Å². The molecule has 1 aliphatic heterocycles. The summed E-state index contributed by atoms with van der Waals surface area (Å²) in [5, 5.41) is 6.26. The molecule has 1 unspecified atom stereocenters. The Morgan fingerprint density at radius 3 is 2.75 bits per heavy atom. The second-order valence-corrected chi connectivity index (χ2v) is 3.03. The largest absolute Gasteiger partial charge is 0.265 e. The zero-order valence-electron chi connectivity index (χ0n) is 7.01. The van der Waals surface area contributed by atoms with Crippen molar-refractivity contribution in [2.24, 2.45) is 11.0 Å². The second-order valence-electron chi connectivity index (χ2n) is 3.03. The van der Waals surface area contributed by atoms with Crippen LogP contribution in [0.2, 0.25) is 0 Å². The Morgan fingerprint density at radius 2 is 2.17 bits per heavy atom. The fraction of sp³-hybridized carbons (Fsp3) is 0.333. The first kappa shape index (κ1) is 7.28. The van der Waals surface area contributed by atoms with E-state index in [-0.39, 0.29) is 0 Å². The number of hydrazone groups is 1. The van der Waals surface area contributed by atoms with Crippen LogP contribution in [0.5, 0.6) is 0 Å². The molecule has 0 spiro atoms. The van der Waals surface area contributed by atoms with Gasteiger partial charge >= 0.3 is 0 Å². The highest BCUT2D eigenvalue weighted by Gasteiger charge is 2.13. The molecule has 0 aliphatic carbocycles. The van der Waals surface area contributed by atoms with Crippen molar-refractivity contribution in [2.75, 3.05) is 11.6 Å². The van der Waals surface area contributed by atoms with Crippen LogP contribution in [0.15, 0.2) is 29.6 Å². The highest BCUT2D eigenvalue weighted by molar-refractivity contribution is 5.67. The van der Waals surface area contributed by atoms with Crippen molar-refractivity contribution < 1.29 is 0 Å². The van der Waals surface area contributed by atoms with Crippen molar-refractivity contribution in [3.63, 3.8) is 0 Å². The number of aromatic nitrogens is 1. The highest BCUT2D eigenvalue weighted by atomic mass is 15.5. The Hall–Kier alpha value is -1.38. The van der Waals surface area contributed by atoms with Crippen LogP contribution in [0.3, 0.4) is 0 Å². The van der Waals surface area contributed by atoms with Gasteiger partial charge in [0.2, 0.25) is 0 Å². The third-order valence-electron chi connectivity index (χ3n) is 1.88. The van der Waals surface area contributed by atoms with E-state index in [0.717, 1.165) is 12.2 Å². The molecular weight excluding hydrogens is 150 g/mol. The minimum absolute atomic E-state index is 0.554. The lowest BCUT2D eigenvalue weighted by Gasteiger charge is -2.13. The average Bonchev–Trinajstić information content (AvgIpc) is 2.54. The first-order valence-corrected chi connectivity index (χ1v) is 4.08. The van der Waals surface area contributed by atoms with E-state index in [9.17, 15) is 0 Å². The molecule has 0 amide bonds. The Bertz CT molecular complexity index is 281. The summed E-state index contributed by atoms with van der Waals surface area (Å²) < 4.78 is 0. The third-order valence-corrected chi connectivity index (χ3v) is 1.88. The Labute approximate surface area is 71.7 Å². The van der Waals surface area contributed by atoms with Crippen molar-refractivity contribution in [3.05, 3.63) is 24.5 Å². The summed E-state index contributed by atoms with van der Waals surface area (Å²) >= 11 is 0. The lowest BCUT2D eigenvalue weighted by molar-refractivity contribution is 0.780. The van der Waals surface area contributed by atoms with Crippen LogP contribution >= 0.6 is 0 Å². The number of rotatable bonds is 1. The number of anilines is 1. The summed E-state index contributed by atoms with van der Waals surface area (Å²) in [7, 11) is 0. The monoisotopic (exact) mass is 161 g/mol.